The van der Waals surface area contributed by atoms with E-state index in [0.29, 0.717) is 21.9 Å². The van der Waals surface area contributed by atoms with E-state index in [4.69, 9.17) is 4.42 Å². The first-order valence-electron chi connectivity index (χ1n) is 9.20. The summed E-state index contributed by atoms with van der Waals surface area (Å²) in [4.78, 5) is 19.8. The van der Waals surface area contributed by atoms with Crippen molar-refractivity contribution in [2.24, 2.45) is 0 Å². The van der Waals surface area contributed by atoms with Gasteiger partial charge in [-0.1, -0.05) is 30.0 Å². The van der Waals surface area contributed by atoms with Crippen molar-refractivity contribution in [1.82, 2.24) is 20.2 Å². The van der Waals surface area contributed by atoms with Crippen molar-refractivity contribution in [3.05, 3.63) is 65.9 Å². The number of rotatable bonds is 6. The maximum atomic E-state index is 13.1. The van der Waals surface area contributed by atoms with Crippen molar-refractivity contribution < 1.29 is 13.6 Å². The van der Waals surface area contributed by atoms with Gasteiger partial charge in [-0.25, -0.2) is 9.37 Å². The molecule has 7 nitrogen and oxygen atoms in total. The smallest absolute Gasteiger partial charge is 0.277 e. The fraction of sp³-hybridized carbons (Fsp3) is 0.0476. The summed E-state index contributed by atoms with van der Waals surface area (Å²) in [6, 6.07) is 13.9. The molecule has 0 saturated carbocycles. The van der Waals surface area contributed by atoms with Crippen LogP contribution >= 0.6 is 23.1 Å². The van der Waals surface area contributed by atoms with Gasteiger partial charge < -0.3 is 14.7 Å². The Kier molecular flexibility index (Phi) is 5.23. The van der Waals surface area contributed by atoms with E-state index in [9.17, 15) is 9.18 Å². The fourth-order valence-corrected chi connectivity index (χ4v) is 4.29. The molecule has 3 heterocycles. The normalized spacial score (nSPS) is 11.1. The lowest BCUT2D eigenvalue weighted by molar-refractivity contribution is -0.113. The number of amides is 1. The van der Waals surface area contributed by atoms with Crippen molar-refractivity contribution in [2.75, 3.05) is 11.1 Å². The Morgan fingerprint density at radius 2 is 2.00 bits per heavy atom. The molecule has 0 unspecified atom stereocenters. The van der Waals surface area contributed by atoms with E-state index in [1.54, 1.807) is 12.1 Å². The highest BCUT2D eigenvalue weighted by Gasteiger charge is 2.15. The highest BCUT2D eigenvalue weighted by molar-refractivity contribution is 7.99. The molecule has 2 N–H and O–H groups in total. The first-order valence-corrected chi connectivity index (χ1v) is 11.1. The van der Waals surface area contributed by atoms with E-state index in [-0.39, 0.29) is 17.5 Å². The number of thioether (sulfide) groups is 1. The standard InChI is InChI=1S/C21H14FN5O2S2/c22-13-7-5-12(6-8-13)17-10-30-20(24-17)25-18(28)11-31-21-27-26-19(29-21)15-9-23-16-4-2-1-3-14(15)16/h1-10,23H,11H2,(H,24,25,28). The molecule has 1 amide bonds. The summed E-state index contributed by atoms with van der Waals surface area (Å²) in [5.41, 5.74) is 3.25. The van der Waals surface area contributed by atoms with Gasteiger partial charge in [-0.15, -0.1) is 21.5 Å². The fourth-order valence-electron chi connectivity index (χ4n) is 2.99. The van der Waals surface area contributed by atoms with Gasteiger partial charge in [0.2, 0.25) is 5.91 Å². The number of hydrogen-bond donors (Lipinski definition) is 2. The van der Waals surface area contributed by atoms with Crippen LogP contribution < -0.4 is 5.32 Å². The van der Waals surface area contributed by atoms with Crippen LogP contribution in [0.25, 0.3) is 33.6 Å². The van der Waals surface area contributed by atoms with Gasteiger partial charge in [0.1, 0.15) is 5.82 Å². The molecule has 154 valence electrons. The molecule has 0 aliphatic carbocycles. The lowest BCUT2D eigenvalue weighted by Gasteiger charge is -1.99. The highest BCUT2D eigenvalue weighted by atomic mass is 32.2. The van der Waals surface area contributed by atoms with Gasteiger partial charge in [0.25, 0.3) is 11.1 Å². The highest BCUT2D eigenvalue weighted by Crippen LogP contribution is 2.30. The molecular formula is C21H14FN5O2S2. The van der Waals surface area contributed by atoms with E-state index < -0.39 is 0 Å². The number of thiazole rings is 1. The zero-order valence-electron chi connectivity index (χ0n) is 15.8. The Bertz CT molecular complexity index is 1360. The van der Waals surface area contributed by atoms with Crippen LogP contribution in [0.5, 0.6) is 0 Å². The lowest BCUT2D eigenvalue weighted by atomic mass is 10.2. The molecule has 5 aromatic rings. The van der Waals surface area contributed by atoms with Crippen molar-refractivity contribution in [2.45, 2.75) is 5.22 Å². The summed E-state index contributed by atoms with van der Waals surface area (Å²) in [5, 5.41) is 14.4. The number of halogens is 1. The molecule has 3 aromatic heterocycles. The molecule has 5 rings (SSSR count). The van der Waals surface area contributed by atoms with Crippen molar-refractivity contribution >= 4 is 45.0 Å². The number of benzene rings is 2. The van der Waals surface area contributed by atoms with Gasteiger partial charge in [-0.2, -0.15) is 0 Å². The quantitative estimate of drug-likeness (QED) is 0.344. The van der Waals surface area contributed by atoms with Crippen LogP contribution in [0.4, 0.5) is 9.52 Å². The number of aromatic nitrogens is 4. The number of carbonyl (C=O) groups is 1. The summed E-state index contributed by atoms with van der Waals surface area (Å²) in [5.74, 6) is -0.0551. The summed E-state index contributed by atoms with van der Waals surface area (Å²) in [6.07, 6.45) is 1.82. The number of H-pyrrole nitrogens is 1. The summed E-state index contributed by atoms with van der Waals surface area (Å²) >= 11 is 2.45. The number of fused-ring (bicyclic) bond motifs is 1. The molecule has 0 bridgehead atoms. The maximum Gasteiger partial charge on any atom is 0.277 e. The summed E-state index contributed by atoms with van der Waals surface area (Å²) in [6.45, 7) is 0. The molecule has 0 fully saturated rings. The number of hydrogen-bond acceptors (Lipinski definition) is 7. The summed E-state index contributed by atoms with van der Waals surface area (Å²) < 4.78 is 18.8. The zero-order valence-corrected chi connectivity index (χ0v) is 17.5. The van der Waals surface area contributed by atoms with E-state index in [2.05, 4.69) is 25.5 Å². The molecule has 0 aliphatic rings. The van der Waals surface area contributed by atoms with E-state index in [1.165, 1.54) is 23.5 Å². The average molecular weight is 452 g/mol. The molecule has 0 atom stereocenters. The molecule has 0 saturated heterocycles. The minimum Gasteiger partial charge on any atom is -0.411 e. The van der Waals surface area contributed by atoms with Crippen LogP contribution in [0.2, 0.25) is 0 Å². The third kappa shape index (κ3) is 4.21. The second kappa shape index (κ2) is 8.32. The third-order valence-electron chi connectivity index (χ3n) is 4.44. The molecule has 0 aliphatic heterocycles. The van der Waals surface area contributed by atoms with Crippen LogP contribution in [0, 0.1) is 5.82 Å². The van der Waals surface area contributed by atoms with Crippen LogP contribution in [0.15, 0.2) is 69.7 Å². The molecular weight excluding hydrogens is 437 g/mol. The maximum absolute atomic E-state index is 13.1. The van der Waals surface area contributed by atoms with Crippen LogP contribution in [-0.2, 0) is 4.79 Å². The van der Waals surface area contributed by atoms with Crippen molar-refractivity contribution in [3.63, 3.8) is 0 Å². The predicted octanol–water partition coefficient (Wildman–Crippen LogP) is 5.21. The minimum absolute atomic E-state index is 0.0982. The number of carbonyl (C=O) groups excluding carboxylic acids is 1. The SMILES string of the molecule is O=C(CSc1nnc(-c2c[nH]c3ccccc23)o1)Nc1nc(-c2ccc(F)cc2)cs1. The average Bonchev–Trinajstić information content (AvgIpc) is 3.52. The molecule has 2 aromatic carbocycles. The molecule has 31 heavy (non-hydrogen) atoms. The van der Waals surface area contributed by atoms with Crippen LogP contribution in [-0.4, -0.2) is 31.8 Å². The number of anilines is 1. The third-order valence-corrected chi connectivity index (χ3v) is 6.02. The van der Waals surface area contributed by atoms with E-state index in [0.717, 1.165) is 33.8 Å². The Hall–Kier alpha value is -3.50. The van der Waals surface area contributed by atoms with Crippen molar-refractivity contribution in [1.29, 1.82) is 0 Å². The second-order valence-corrected chi connectivity index (χ2v) is 8.29. The van der Waals surface area contributed by atoms with Crippen LogP contribution in [0.3, 0.4) is 0 Å². The first kappa shape index (κ1) is 19.5. The molecule has 0 spiro atoms. The van der Waals surface area contributed by atoms with Gasteiger partial charge in [0, 0.05) is 28.0 Å². The molecule has 0 radical (unpaired) electrons. The monoisotopic (exact) mass is 451 g/mol. The number of para-hydroxylation sites is 1. The second-order valence-electron chi connectivity index (χ2n) is 6.50. The summed E-state index contributed by atoms with van der Waals surface area (Å²) in [7, 11) is 0. The minimum atomic E-state index is -0.307. The van der Waals surface area contributed by atoms with Gasteiger partial charge in [0.15, 0.2) is 5.13 Å². The first-order chi connectivity index (χ1) is 15.2. The van der Waals surface area contributed by atoms with E-state index >= 15 is 0 Å². The largest absolute Gasteiger partial charge is 0.411 e. The number of aromatic amines is 1. The van der Waals surface area contributed by atoms with Crippen LogP contribution in [0.1, 0.15) is 0 Å². The zero-order chi connectivity index (χ0) is 21.2. The Morgan fingerprint density at radius 3 is 2.87 bits per heavy atom. The molecule has 10 heteroatoms. The Morgan fingerprint density at radius 1 is 1.16 bits per heavy atom. The van der Waals surface area contributed by atoms with Crippen molar-refractivity contribution in [3.8, 4) is 22.7 Å². The van der Waals surface area contributed by atoms with E-state index in [1.807, 2.05) is 35.8 Å². The predicted molar refractivity (Wildman–Crippen MR) is 118 cm³/mol. The lowest BCUT2D eigenvalue weighted by Crippen LogP contribution is -2.13. The Labute approximate surface area is 183 Å². The van der Waals surface area contributed by atoms with Gasteiger partial charge in [0.05, 0.1) is 17.0 Å². The van der Waals surface area contributed by atoms with Gasteiger partial charge in [-0.3, -0.25) is 4.79 Å². The number of nitrogens with zero attached hydrogens (tertiary/aromatic N) is 3. The van der Waals surface area contributed by atoms with Gasteiger partial charge >= 0.3 is 0 Å². The topological polar surface area (TPSA) is 96.7 Å². The number of nitrogens with one attached hydrogen (secondary N) is 2. The van der Waals surface area contributed by atoms with Gasteiger partial charge in [-0.05, 0) is 30.3 Å². The Balaban J connectivity index is 1.20.